The normalized spacial score (nSPS) is 24.3. The molecule has 1 fully saturated rings. The number of likely N-dealkylation sites (N-methyl/N-ethyl adjacent to an activating group) is 1. The first-order valence-corrected chi connectivity index (χ1v) is 6.26. The van der Waals surface area contributed by atoms with Crippen molar-refractivity contribution in [3.05, 3.63) is 0 Å². The third-order valence-electron chi connectivity index (χ3n) is 3.20. The Kier molecular flexibility index (Phi) is 5.10. The molecular weight excluding hydrogens is 234 g/mol. The highest BCUT2D eigenvalue weighted by molar-refractivity contribution is 5.78. The van der Waals surface area contributed by atoms with E-state index >= 15 is 0 Å². The summed E-state index contributed by atoms with van der Waals surface area (Å²) in [5.41, 5.74) is 4.13. The van der Waals surface area contributed by atoms with Gasteiger partial charge in [0, 0.05) is 19.5 Å². The predicted molar refractivity (Wildman–Crippen MR) is 67.7 cm³/mol. The first kappa shape index (κ1) is 14.9. The van der Waals surface area contributed by atoms with Crippen LogP contribution in [0.3, 0.4) is 0 Å². The van der Waals surface area contributed by atoms with Gasteiger partial charge in [-0.1, -0.05) is 0 Å². The van der Waals surface area contributed by atoms with Crippen LogP contribution in [0.4, 0.5) is 0 Å². The van der Waals surface area contributed by atoms with Crippen molar-refractivity contribution in [1.82, 2.24) is 9.80 Å². The number of β-amino-alcohol motifs (C(OH)–C–C–N with tert-alkyl or cyclic N) is 1. The minimum absolute atomic E-state index is 0.0113. The second kappa shape index (κ2) is 6.15. The molecule has 0 aliphatic carbocycles. The molecule has 104 valence electrons. The van der Waals surface area contributed by atoms with Crippen molar-refractivity contribution in [3.63, 3.8) is 0 Å². The maximum Gasteiger partial charge on any atom is 0.236 e. The number of nitrogens with zero attached hydrogens (tertiary/aromatic N) is 2. The molecule has 0 radical (unpaired) electrons. The van der Waals surface area contributed by atoms with Crippen LogP contribution in [-0.2, 0) is 9.59 Å². The molecule has 6 nitrogen and oxygen atoms in total. The fraction of sp³-hybridized carbons (Fsp3) is 0.833. The molecular formula is C12H23N3O3. The fourth-order valence-corrected chi connectivity index (χ4v) is 2.26. The molecule has 0 aromatic heterocycles. The van der Waals surface area contributed by atoms with Gasteiger partial charge in [0.1, 0.15) is 0 Å². The summed E-state index contributed by atoms with van der Waals surface area (Å²) in [5, 5.41) is 10.4. The average Bonchev–Trinajstić information content (AvgIpc) is 2.26. The van der Waals surface area contributed by atoms with E-state index in [4.69, 9.17) is 5.73 Å². The van der Waals surface area contributed by atoms with Crippen molar-refractivity contribution in [1.29, 1.82) is 0 Å². The van der Waals surface area contributed by atoms with Gasteiger partial charge in [0.25, 0.3) is 0 Å². The summed E-state index contributed by atoms with van der Waals surface area (Å²) >= 11 is 0. The van der Waals surface area contributed by atoms with E-state index in [0.717, 1.165) is 6.42 Å². The highest BCUT2D eigenvalue weighted by Gasteiger charge is 2.35. The Morgan fingerprint density at radius 3 is 2.67 bits per heavy atom. The Hall–Kier alpha value is -1.14. The van der Waals surface area contributed by atoms with E-state index in [-0.39, 0.29) is 12.3 Å². The van der Waals surface area contributed by atoms with E-state index in [1.165, 1.54) is 0 Å². The number of hydrogen-bond donors (Lipinski definition) is 2. The van der Waals surface area contributed by atoms with Crippen LogP contribution in [-0.4, -0.2) is 66.1 Å². The standard InChI is InChI=1S/C12H23N3O3/c1-14(2)8-11(17)15-7-3-5-12(18,9-15)6-4-10(13)16/h18H,3-9H2,1-2H3,(H2,13,16). The second-order valence-corrected chi connectivity index (χ2v) is 5.35. The van der Waals surface area contributed by atoms with Crippen LogP contribution in [0, 0.1) is 0 Å². The molecule has 2 amide bonds. The van der Waals surface area contributed by atoms with E-state index < -0.39 is 11.5 Å². The van der Waals surface area contributed by atoms with Crippen LogP contribution in [0.15, 0.2) is 0 Å². The summed E-state index contributed by atoms with van der Waals surface area (Å²) in [5.74, 6) is -0.405. The van der Waals surface area contributed by atoms with Gasteiger partial charge in [-0.05, 0) is 33.4 Å². The van der Waals surface area contributed by atoms with Crippen LogP contribution in [0.5, 0.6) is 0 Å². The molecule has 1 aliphatic heterocycles. The summed E-state index contributed by atoms with van der Waals surface area (Å²) in [7, 11) is 3.67. The summed E-state index contributed by atoms with van der Waals surface area (Å²) in [4.78, 5) is 26.2. The van der Waals surface area contributed by atoms with Crippen molar-refractivity contribution in [2.24, 2.45) is 5.73 Å². The molecule has 1 aliphatic rings. The van der Waals surface area contributed by atoms with Gasteiger partial charge in [-0.3, -0.25) is 9.59 Å². The number of carbonyl (C=O) groups excluding carboxylic acids is 2. The quantitative estimate of drug-likeness (QED) is 0.673. The van der Waals surface area contributed by atoms with Gasteiger partial charge in [-0.15, -0.1) is 0 Å². The van der Waals surface area contributed by atoms with E-state index in [1.807, 2.05) is 14.1 Å². The van der Waals surface area contributed by atoms with Crippen LogP contribution < -0.4 is 5.73 Å². The van der Waals surface area contributed by atoms with Crippen LogP contribution in [0.1, 0.15) is 25.7 Å². The number of likely N-dealkylation sites (tertiary alicyclic amines) is 1. The third-order valence-corrected chi connectivity index (χ3v) is 3.20. The maximum atomic E-state index is 11.9. The number of nitrogens with two attached hydrogens (primary N) is 1. The number of piperidine rings is 1. The average molecular weight is 257 g/mol. The topological polar surface area (TPSA) is 86.9 Å². The van der Waals surface area contributed by atoms with Gasteiger partial charge in [0.2, 0.25) is 11.8 Å². The highest BCUT2D eigenvalue weighted by Crippen LogP contribution is 2.25. The largest absolute Gasteiger partial charge is 0.388 e. The van der Waals surface area contributed by atoms with Crippen LogP contribution in [0.2, 0.25) is 0 Å². The molecule has 0 bridgehead atoms. The summed E-state index contributed by atoms with van der Waals surface area (Å²) in [6.45, 7) is 1.31. The minimum atomic E-state index is -0.963. The van der Waals surface area contributed by atoms with Crippen molar-refractivity contribution < 1.29 is 14.7 Å². The van der Waals surface area contributed by atoms with Gasteiger partial charge in [-0.2, -0.15) is 0 Å². The zero-order valence-corrected chi connectivity index (χ0v) is 11.2. The van der Waals surface area contributed by atoms with E-state index in [0.29, 0.717) is 32.5 Å². The predicted octanol–water partition coefficient (Wildman–Crippen LogP) is -0.833. The fourth-order valence-electron chi connectivity index (χ4n) is 2.26. The lowest BCUT2D eigenvalue weighted by Crippen LogP contribution is -2.52. The van der Waals surface area contributed by atoms with Crippen molar-refractivity contribution in [2.45, 2.75) is 31.3 Å². The van der Waals surface area contributed by atoms with E-state index in [1.54, 1.807) is 9.80 Å². The lowest BCUT2D eigenvalue weighted by atomic mass is 9.88. The molecule has 0 saturated carbocycles. The molecule has 6 heteroatoms. The molecule has 3 N–H and O–H groups in total. The minimum Gasteiger partial charge on any atom is -0.388 e. The van der Waals surface area contributed by atoms with Gasteiger partial charge in [-0.25, -0.2) is 0 Å². The number of amides is 2. The lowest BCUT2D eigenvalue weighted by Gasteiger charge is -2.39. The molecule has 0 aromatic carbocycles. The zero-order valence-electron chi connectivity index (χ0n) is 11.2. The maximum absolute atomic E-state index is 11.9. The Balaban J connectivity index is 2.54. The number of aliphatic hydroxyl groups is 1. The number of primary amides is 1. The smallest absolute Gasteiger partial charge is 0.236 e. The summed E-state index contributed by atoms with van der Waals surface area (Å²) < 4.78 is 0. The Bertz CT molecular complexity index is 320. The summed E-state index contributed by atoms with van der Waals surface area (Å²) in [6, 6.07) is 0. The van der Waals surface area contributed by atoms with E-state index in [9.17, 15) is 14.7 Å². The zero-order chi connectivity index (χ0) is 13.8. The van der Waals surface area contributed by atoms with Gasteiger partial charge >= 0.3 is 0 Å². The number of rotatable bonds is 5. The Morgan fingerprint density at radius 2 is 2.11 bits per heavy atom. The molecule has 0 spiro atoms. The Morgan fingerprint density at radius 1 is 1.44 bits per heavy atom. The molecule has 1 atom stereocenters. The first-order chi connectivity index (χ1) is 8.32. The monoisotopic (exact) mass is 257 g/mol. The van der Waals surface area contributed by atoms with Crippen LogP contribution in [0.25, 0.3) is 0 Å². The highest BCUT2D eigenvalue weighted by atomic mass is 16.3. The Labute approximate surface area is 108 Å². The number of carbonyl (C=O) groups is 2. The van der Waals surface area contributed by atoms with Crippen molar-refractivity contribution in [2.75, 3.05) is 33.7 Å². The SMILES string of the molecule is CN(C)CC(=O)N1CCCC(O)(CCC(N)=O)C1. The molecule has 0 aromatic rings. The molecule has 1 unspecified atom stereocenters. The molecule has 1 heterocycles. The van der Waals surface area contributed by atoms with Crippen molar-refractivity contribution in [3.8, 4) is 0 Å². The lowest BCUT2D eigenvalue weighted by molar-refractivity contribution is -0.139. The third kappa shape index (κ3) is 4.62. The second-order valence-electron chi connectivity index (χ2n) is 5.35. The number of hydrogen-bond acceptors (Lipinski definition) is 4. The molecule has 1 rings (SSSR count). The van der Waals surface area contributed by atoms with Crippen molar-refractivity contribution >= 4 is 11.8 Å². The summed E-state index contributed by atoms with van der Waals surface area (Å²) in [6.07, 6.45) is 1.86. The van der Waals surface area contributed by atoms with Crippen LogP contribution >= 0.6 is 0 Å². The van der Waals surface area contributed by atoms with Gasteiger partial charge in [0.05, 0.1) is 12.1 Å². The van der Waals surface area contributed by atoms with Gasteiger partial charge < -0.3 is 20.6 Å². The van der Waals surface area contributed by atoms with Gasteiger partial charge in [0.15, 0.2) is 0 Å². The molecule has 1 saturated heterocycles. The molecule has 18 heavy (non-hydrogen) atoms. The van der Waals surface area contributed by atoms with E-state index in [2.05, 4.69) is 0 Å². The first-order valence-electron chi connectivity index (χ1n) is 6.26.